The number of hydrogen-bond donors (Lipinski definition) is 3. The maximum Gasteiger partial charge on any atom is 0.332 e. The van der Waals surface area contributed by atoms with Crippen molar-refractivity contribution >= 4 is 16.9 Å². The van der Waals surface area contributed by atoms with Gasteiger partial charge in [0.2, 0.25) is 0 Å². The molecule has 0 aliphatic heterocycles. The highest BCUT2D eigenvalue weighted by Gasteiger charge is 2.22. The Morgan fingerprint density at radius 2 is 1.77 bits per heavy atom. The molecule has 3 heterocycles. The Bertz CT molecular complexity index is 1450. The van der Waals surface area contributed by atoms with Crippen LogP contribution in [-0.4, -0.2) is 65.1 Å². The number of H-pyrrole nitrogens is 1. The predicted molar refractivity (Wildman–Crippen MR) is 153 cm³/mol. The van der Waals surface area contributed by atoms with Crippen molar-refractivity contribution in [3.05, 3.63) is 74.4 Å². The van der Waals surface area contributed by atoms with Crippen molar-refractivity contribution in [1.82, 2.24) is 33.8 Å². The molecular formula is C28H40N8O3. The standard InChI is InChI=1S/C28H40N8O3/c1-3-5-6-14-36-27(38)25-26(35(28(36)39)15-12-21-7-9-22(29)10-8-21)31-24(20-23-11-13-30-32-23)34(25)17-16-33(4-2)18-19-37/h7-11,13,37H,3-6,12,14-20,29H2,1-2H3,(H,30,32). The molecule has 1 aromatic carbocycles. The Balaban J connectivity index is 1.84. The van der Waals surface area contributed by atoms with Gasteiger partial charge in [-0.1, -0.05) is 38.8 Å². The number of benzene rings is 1. The molecule has 0 atom stereocenters. The number of aryl methyl sites for hydroxylation is 2. The molecule has 11 nitrogen and oxygen atoms in total. The summed E-state index contributed by atoms with van der Waals surface area (Å²) < 4.78 is 4.97. The Morgan fingerprint density at radius 3 is 2.44 bits per heavy atom. The molecule has 0 amide bonds. The van der Waals surface area contributed by atoms with E-state index in [1.807, 2.05) is 41.8 Å². The number of aliphatic hydroxyl groups is 1. The fourth-order valence-electron chi connectivity index (χ4n) is 4.92. The highest BCUT2D eigenvalue weighted by Crippen LogP contribution is 2.17. The molecule has 0 fully saturated rings. The molecule has 11 heteroatoms. The summed E-state index contributed by atoms with van der Waals surface area (Å²) in [6, 6.07) is 9.49. The molecule has 0 aliphatic rings. The minimum absolute atomic E-state index is 0.0631. The zero-order chi connectivity index (χ0) is 27.8. The number of aromatic nitrogens is 6. The van der Waals surface area contributed by atoms with E-state index in [1.165, 1.54) is 4.57 Å². The van der Waals surface area contributed by atoms with Crippen molar-refractivity contribution < 1.29 is 5.11 Å². The van der Waals surface area contributed by atoms with Crippen LogP contribution in [0.15, 0.2) is 46.1 Å². The van der Waals surface area contributed by atoms with E-state index in [4.69, 9.17) is 10.7 Å². The molecule has 0 saturated carbocycles. The number of imidazole rings is 1. The van der Waals surface area contributed by atoms with Crippen LogP contribution in [-0.2, 0) is 32.5 Å². The molecular weight excluding hydrogens is 496 g/mol. The molecule has 210 valence electrons. The van der Waals surface area contributed by atoms with Crippen molar-refractivity contribution in [3.63, 3.8) is 0 Å². The van der Waals surface area contributed by atoms with Crippen LogP contribution in [0.25, 0.3) is 11.2 Å². The predicted octanol–water partition coefficient (Wildman–Crippen LogP) is 2.00. The number of nitrogens with one attached hydrogen (secondary N) is 1. The molecule has 0 radical (unpaired) electrons. The number of likely N-dealkylation sites (N-methyl/N-ethyl adjacent to an activating group) is 1. The quantitative estimate of drug-likeness (QED) is 0.156. The molecule has 0 spiro atoms. The van der Waals surface area contributed by atoms with Crippen molar-refractivity contribution in [3.8, 4) is 0 Å². The van der Waals surface area contributed by atoms with Crippen molar-refractivity contribution in [2.24, 2.45) is 0 Å². The van der Waals surface area contributed by atoms with Crippen LogP contribution in [0, 0.1) is 0 Å². The fraction of sp³-hybridized carbons (Fsp3) is 0.500. The first-order chi connectivity index (χ1) is 19.0. The van der Waals surface area contributed by atoms with Gasteiger partial charge in [0.15, 0.2) is 11.2 Å². The molecule has 39 heavy (non-hydrogen) atoms. The van der Waals surface area contributed by atoms with Crippen LogP contribution < -0.4 is 17.0 Å². The van der Waals surface area contributed by atoms with Gasteiger partial charge in [0.1, 0.15) is 5.82 Å². The van der Waals surface area contributed by atoms with Gasteiger partial charge in [-0.3, -0.25) is 23.9 Å². The number of anilines is 1. The first-order valence-corrected chi connectivity index (χ1v) is 13.9. The van der Waals surface area contributed by atoms with Gasteiger partial charge in [0.25, 0.3) is 5.56 Å². The third kappa shape index (κ3) is 6.66. The molecule has 4 rings (SSSR count). The average molecular weight is 537 g/mol. The summed E-state index contributed by atoms with van der Waals surface area (Å²) >= 11 is 0. The number of hydrogen-bond acceptors (Lipinski definition) is 7. The zero-order valence-corrected chi connectivity index (χ0v) is 23.0. The maximum absolute atomic E-state index is 13.9. The summed E-state index contributed by atoms with van der Waals surface area (Å²) in [6.07, 6.45) is 5.46. The topological polar surface area (TPSA) is 140 Å². The monoisotopic (exact) mass is 536 g/mol. The number of unbranched alkanes of at least 4 members (excludes halogenated alkanes) is 2. The van der Waals surface area contributed by atoms with Gasteiger partial charge in [-0.05, 0) is 43.1 Å². The van der Waals surface area contributed by atoms with E-state index >= 15 is 0 Å². The Kier molecular flexibility index (Phi) is 9.72. The second kappa shape index (κ2) is 13.4. The molecule has 0 aliphatic carbocycles. The Labute approximate surface area is 227 Å². The van der Waals surface area contributed by atoms with Crippen molar-refractivity contribution in [2.45, 2.75) is 65.6 Å². The number of nitrogens with zero attached hydrogens (tertiary/aromatic N) is 6. The maximum atomic E-state index is 13.9. The number of nitrogens with two attached hydrogens (primary N) is 1. The van der Waals surface area contributed by atoms with Gasteiger partial charge in [-0.2, -0.15) is 5.10 Å². The van der Waals surface area contributed by atoms with Crippen LogP contribution in [0.3, 0.4) is 0 Å². The number of rotatable bonds is 15. The normalized spacial score (nSPS) is 11.7. The third-order valence-electron chi connectivity index (χ3n) is 7.18. The van der Waals surface area contributed by atoms with Crippen molar-refractivity contribution in [2.75, 3.05) is 32.0 Å². The molecule has 0 saturated heterocycles. The first-order valence-electron chi connectivity index (χ1n) is 13.9. The van der Waals surface area contributed by atoms with Crippen LogP contribution in [0.2, 0.25) is 0 Å². The largest absolute Gasteiger partial charge is 0.399 e. The van der Waals surface area contributed by atoms with E-state index in [0.29, 0.717) is 68.2 Å². The highest BCUT2D eigenvalue weighted by molar-refractivity contribution is 5.71. The third-order valence-corrected chi connectivity index (χ3v) is 7.18. The number of aliphatic hydroxyl groups excluding tert-OH is 1. The van der Waals surface area contributed by atoms with E-state index in [1.54, 1.807) is 10.8 Å². The number of nitrogen functional groups attached to an aromatic ring is 1. The van der Waals surface area contributed by atoms with E-state index in [9.17, 15) is 14.7 Å². The average Bonchev–Trinajstić information content (AvgIpc) is 3.57. The fourth-order valence-corrected chi connectivity index (χ4v) is 4.92. The van der Waals surface area contributed by atoms with E-state index in [0.717, 1.165) is 37.1 Å². The Morgan fingerprint density at radius 1 is 0.974 bits per heavy atom. The van der Waals surface area contributed by atoms with Gasteiger partial charge < -0.3 is 15.4 Å². The van der Waals surface area contributed by atoms with Crippen molar-refractivity contribution in [1.29, 1.82) is 0 Å². The molecule has 0 unspecified atom stereocenters. The van der Waals surface area contributed by atoms with Gasteiger partial charge >= 0.3 is 5.69 Å². The van der Waals surface area contributed by atoms with Gasteiger partial charge in [-0.15, -0.1) is 0 Å². The molecule has 0 bridgehead atoms. The zero-order valence-electron chi connectivity index (χ0n) is 23.0. The summed E-state index contributed by atoms with van der Waals surface area (Å²) in [5.41, 5.74) is 8.60. The van der Waals surface area contributed by atoms with Gasteiger partial charge in [-0.25, -0.2) is 9.78 Å². The number of aromatic amines is 1. The summed E-state index contributed by atoms with van der Waals surface area (Å²) in [4.78, 5) is 34.6. The van der Waals surface area contributed by atoms with Crippen LogP contribution in [0.4, 0.5) is 5.69 Å². The minimum atomic E-state index is -0.328. The Hall–Kier alpha value is -3.70. The van der Waals surface area contributed by atoms with E-state index < -0.39 is 0 Å². The molecule has 3 aromatic heterocycles. The SMILES string of the molecule is CCCCCn1c(=O)c2c(nc(Cc3cc[nH]n3)n2CCN(CC)CCO)n(CCc2ccc(N)cc2)c1=O. The lowest BCUT2D eigenvalue weighted by Crippen LogP contribution is -2.41. The lowest BCUT2D eigenvalue weighted by Gasteiger charge is -2.20. The van der Waals surface area contributed by atoms with Crippen LogP contribution in [0.1, 0.15) is 50.2 Å². The van der Waals surface area contributed by atoms with E-state index in [-0.39, 0.29) is 17.9 Å². The summed E-state index contributed by atoms with van der Waals surface area (Å²) in [5, 5.41) is 16.6. The smallest absolute Gasteiger partial charge is 0.332 e. The highest BCUT2D eigenvalue weighted by atomic mass is 16.3. The lowest BCUT2D eigenvalue weighted by molar-refractivity contribution is 0.197. The van der Waals surface area contributed by atoms with Gasteiger partial charge in [0, 0.05) is 44.6 Å². The van der Waals surface area contributed by atoms with E-state index in [2.05, 4.69) is 22.0 Å². The molecule has 4 N–H and O–H groups in total. The van der Waals surface area contributed by atoms with Gasteiger partial charge in [0.05, 0.1) is 18.7 Å². The second-order valence-electron chi connectivity index (χ2n) is 9.84. The number of fused-ring (bicyclic) bond motifs is 1. The summed E-state index contributed by atoms with van der Waals surface area (Å²) in [6.45, 7) is 7.42. The first kappa shape index (κ1) is 28.3. The molecule has 4 aromatic rings. The minimum Gasteiger partial charge on any atom is -0.399 e. The lowest BCUT2D eigenvalue weighted by atomic mass is 10.1. The second-order valence-corrected chi connectivity index (χ2v) is 9.84. The van der Waals surface area contributed by atoms with Crippen LogP contribution >= 0.6 is 0 Å². The summed E-state index contributed by atoms with van der Waals surface area (Å²) in [5.74, 6) is 0.682. The summed E-state index contributed by atoms with van der Waals surface area (Å²) in [7, 11) is 0. The van der Waals surface area contributed by atoms with Crippen LogP contribution in [0.5, 0.6) is 0 Å².